The number of hydrogen-bond donors (Lipinski definition) is 1. The van der Waals surface area contributed by atoms with Crippen molar-refractivity contribution in [2.75, 3.05) is 18.8 Å². The molecule has 1 amide bonds. The molecule has 1 aliphatic heterocycles. The van der Waals surface area contributed by atoms with Gasteiger partial charge in [0.05, 0.1) is 14.6 Å². The van der Waals surface area contributed by atoms with Gasteiger partial charge in [-0.1, -0.05) is 19.1 Å². The minimum absolute atomic E-state index is 0.0899. The zero-order valence-corrected chi connectivity index (χ0v) is 15.7. The Hall–Kier alpha value is -1.79. The number of carbonyl (C=O) groups excluding carboxylic acids is 1. The van der Waals surface area contributed by atoms with Crippen molar-refractivity contribution in [3.05, 3.63) is 52.4 Å². The third-order valence-electron chi connectivity index (χ3n) is 4.39. The maximum Gasteiger partial charge on any atom is 0.335 e. The lowest BCUT2D eigenvalue weighted by molar-refractivity contribution is 0.0689. The van der Waals surface area contributed by atoms with Crippen LogP contribution < -0.4 is 0 Å². The average molecular weight is 376 g/mol. The predicted molar refractivity (Wildman–Crippen MR) is 102 cm³/mol. The van der Waals surface area contributed by atoms with E-state index < -0.39 is 5.97 Å². The molecule has 3 rings (SSSR count). The maximum atomic E-state index is 12.8. The SMILES string of the molecule is CCSc1ccc(C(=O)N2CCC[C@H](c3cccc(C(=O)O)c3)C2)s1. The van der Waals surface area contributed by atoms with Gasteiger partial charge in [0.2, 0.25) is 0 Å². The maximum absolute atomic E-state index is 12.8. The molecule has 1 aromatic carbocycles. The van der Waals surface area contributed by atoms with Gasteiger partial charge in [-0.25, -0.2) is 4.79 Å². The summed E-state index contributed by atoms with van der Waals surface area (Å²) >= 11 is 3.31. The number of aromatic carboxylic acids is 1. The third kappa shape index (κ3) is 4.25. The van der Waals surface area contributed by atoms with E-state index in [4.69, 9.17) is 0 Å². The number of carboxylic acids is 1. The number of nitrogens with zero attached hydrogens (tertiary/aromatic N) is 1. The van der Waals surface area contributed by atoms with Crippen molar-refractivity contribution in [1.82, 2.24) is 4.90 Å². The molecule has 4 nitrogen and oxygen atoms in total. The van der Waals surface area contributed by atoms with E-state index >= 15 is 0 Å². The Bertz CT molecular complexity index is 772. The molecule has 1 saturated heterocycles. The Morgan fingerprint density at radius 3 is 2.92 bits per heavy atom. The Balaban J connectivity index is 1.73. The van der Waals surface area contributed by atoms with Crippen molar-refractivity contribution >= 4 is 35.0 Å². The van der Waals surface area contributed by atoms with Gasteiger partial charge in [0.25, 0.3) is 5.91 Å². The highest BCUT2D eigenvalue weighted by Gasteiger charge is 2.26. The van der Waals surface area contributed by atoms with E-state index in [-0.39, 0.29) is 11.8 Å². The first-order chi connectivity index (χ1) is 12.1. The van der Waals surface area contributed by atoms with Crippen LogP contribution in [0.2, 0.25) is 0 Å². The first kappa shape index (κ1) is 18.0. The van der Waals surface area contributed by atoms with E-state index in [0.717, 1.165) is 35.6 Å². The van der Waals surface area contributed by atoms with Gasteiger partial charge in [-0.05, 0) is 48.4 Å². The number of hydrogen-bond acceptors (Lipinski definition) is 4. The molecule has 6 heteroatoms. The lowest BCUT2D eigenvalue weighted by Crippen LogP contribution is -2.38. The average Bonchev–Trinajstić information content (AvgIpc) is 3.10. The highest BCUT2D eigenvalue weighted by atomic mass is 32.2. The second kappa shape index (κ2) is 8.06. The van der Waals surface area contributed by atoms with E-state index in [1.165, 1.54) is 4.21 Å². The van der Waals surface area contributed by atoms with Crippen molar-refractivity contribution in [1.29, 1.82) is 0 Å². The zero-order valence-electron chi connectivity index (χ0n) is 14.1. The lowest BCUT2D eigenvalue weighted by Gasteiger charge is -2.33. The van der Waals surface area contributed by atoms with E-state index in [1.807, 2.05) is 23.1 Å². The molecule has 2 heterocycles. The van der Waals surface area contributed by atoms with Gasteiger partial charge >= 0.3 is 5.97 Å². The van der Waals surface area contributed by atoms with Crippen molar-refractivity contribution in [2.24, 2.45) is 0 Å². The third-order valence-corrected chi connectivity index (χ3v) is 6.57. The highest BCUT2D eigenvalue weighted by Crippen LogP contribution is 2.31. The molecule has 0 radical (unpaired) electrons. The molecule has 0 spiro atoms. The predicted octanol–water partition coefficient (Wildman–Crippen LogP) is 4.58. The fourth-order valence-corrected chi connectivity index (χ4v) is 5.18. The van der Waals surface area contributed by atoms with Crippen LogP contribution in [0.3, 0.4) is 0 Å². The monoisotopic (exact) mass is 375 g/mol. The number of amides is 1. The fraction of sp³-hybridized carbons (Fsp3) is 0.368. The second-order valence-corrected chi connectivity index (χ2v) is 8.72. The molecular formula is C19H21NO3S2. The Kier molecular flexibility index (Phi) is 5.81. The Morgan fingerprint density at radius 2 is 2.16 bits per heavy atom. The molecule has 1 N–H and O–H groups in total. The van der Waals surface area contributed by atoms with Crippen LogP contribution in [0.1, 0.15) is 51.3 Å². The van der Waals surface area contributed by atoms with Gasteiger partial charge in [-0.2, -0.15) is 0 Å². The summed E-state index contributed by atoms with van der Waals surface area (Å²) in [6.45, 7) is 3.52. The van der Waals surface area contributed by atoms with Gasteiger partial charge in [0, 0.05) is 19.0 Å². The van der Waals surface area contributed by atoms with Gasteiger partial charge in [0.15, 0.2) is 0 Å². The summed E-state index contributed by atoms with van der Waals surface area (Å²) in [6.07, 6.45) is 1.92. The van der Waals surface area contributed by atoms with Crippen LogP contribution in [-0.4, -0.2) is 40.7 Å². The first-order valence-corrected chi connectivity index (χ1v) is 10.2. The Labute approximate surface area is 155 Å². The lowest BCUT2D eigenvalue weighted by atomic mass is 9.89. The van der Waals surface area contributed by atoms with E-state index in [9.17, 15) is 14.7 Å². The van der Waals surface area contributed by atoms with E-state index in [1.54, 1.807) is 41.3 Å². The fourth-order valence-electron chi connectivity index (χ4n) is 3.17. The van der Waals surface area contributed by atoms with Crippen molar-refractivity contribution in [3.8, 4) is 0 Å². The topological polar surface area (TPSA) is 57.6 Å². The van der Waals surface area contributed by atoms with Crippen LogP contribution in [0.25, 0.3) is 0 Å². The summed E-state index contributed by atoms with van der Waals surface area (Å²) in [5, 5.41) is 9.18. The number of thioether (sulfide) groups is 1. The van der Waals surface area contributed by atoms with Gasteiger partial charge in [-0.3, -0.25) is 4.79 Å². The molecule has 2 aromatic rings. The number of carboxylic acid groups (broad SMARTS) is 1. The van der Waals surface area contributed by atoms with E-state index in [0.29, 0.717) is 12.1 Å². The number of carbonyl (C=O) groups is 2. The van der Waals surface area contributed by atoms with Crippen LogP contribution in [0, 0.1) is 0 Å². The van der Waals surface area contributed by atoms with E-state index in [2.05, 4.69) is 6.92 Å². The summed E-state index contributed by atoms with van der Waals surface area (Å²) in [5.74, 6) is 0.374. The van der Waals surface area contributed by atoms with Crippen LogP contribution >= 0.6 is 23.1 Å². The number of rotatable bonds is 5. The molecule has 1 fully saturated rings. The summed E-state index contributed by atoms with van der Waals surface area (Å²) in [7, 11) is 0. The van der Waals surface area contributed by atoms with Gasteiger partial charge in [-0.15, -0.1) is 23.1 Å². The molecule has 0 aliphatic carbocycles. The highest BCUT2D eigenvalue weighted by molar-refractivity contribution is 8.01. The number of piperidine rings is 1. The molecule has 1 atom stereocenters. The van der Waals surface area contributed by atoms with Crippen LogP contribution in [0.4, 0.5) is 0 Å². The Morgan fingerprint density at radius 1 is 1.32 bits per heavy atom. The number of thiophene rings is 1. The smallest absolute Gasteiger partial charge is 0.335 e. The molecule has 0 bridgehead atoms. The largest absolute Gasteiger partial charge is 0.478 e. The summed E-state index contributed by atoms with van der Waals surface area (Å²) in [4.78, 5) is 26.7. The zero-order chi connectivity index (χ0) is 17.8. The summed E-state index contributed by atoms with van der Waals surface area (Å²) < 4.78 is 1.17. The molecule has 1 aromatic heterocycles. The molecule has 132 valence electrons. The molecule has 1 aliphatic rings. The van der Waals surface area contributed by atoms with Gasteiger partial charge < -0.3 is 10.0 Å². The van der Waals surface area contributed by atoms with Crippen molar-refractivity contribution in [3.63, 3.8) is 0 Å². The summed E-state index contributed by atoms with van der Waals surface area (Å²) in [5.41, 5.74) is 1.31. The van der Waals surface area contributed by atoms with Gasteiger partial charge in [0.1, 0.15) is 0 Å². The second-order valence-electron chi connectivity index (χ2n) is 6.07. The van der Waals surface area contributed by atoms with Crippen molar-refractivity contribution < 1.29 is 14.7 Å². The van der Waals surface area contributed by atoms with Crippen LogP contribution in [-0.2, 0) is 0 Å². The minimum Gasteiger partial charge on any atom is -0.478 e. The molecular weight excluding hydrogens is 354 g/mol. The van der Waals surface area contributed by atoms with Crippen LogP contribution in [0.5, 0.6) is 0 Å². The quantitative estimate of drug-likeness (QED) is 0.777. The molecule has 25 heavy (non-hydrogen) atoms. The molecule has 0 saturated carbocycles. The number of likely N-dealkylation sites (tertiary alicyclic amines) is 1. The minimum atomic E-state index is -0.912. The summed E-state index contributed by atoms with van der Waals surface area (Å²) in [6, 6.07) is 11.0. The van der Waals surface area contributed by atoms with Crippen molar-refractivity contribution in [2.45, 2.75) is 29.9 Å². The number of benzene rings is 1. The first-order valence-electron chi connectivity index (χ1n) is 8.43. The van der Waals surface area contributed by atoms with Crippen LogP contribution in [0.15, 0.2) is 40.6 Å². The standard InChI is InChI=1S/C19H21NO3S2/c1-2-24-17-9-8-16(25-17)18(21)20-10-4-7-15(12-20)13-5-3-6-14(11-13)19(22)23/h3,5-6,8-9,11,15H,2,4,7,10,12H2,1H3,(H,22,23)/t15-/m0/s1. The normalized spacial score (nSPS) is 17.5. The molecule has 0 unspecified atom stereocenters.